The summed E-state index contributed by atoms with van der Waals surface area (Å²) in [4.78, 5) is 15.9. The molecule has 0 aromatic heterocycles. The van der Waals surface area contributed by atoms with Gasteiger partial charge in [-0.1, -0.05) is 25.0 Å². The predicted octanol–water partition coefficient (Wildman–Crippen LogP) is 3.61. The molecular formula is C16H24N2OS. The fraction of sp³-hybridized carbons (Fsp3) is 0.562. The minimum atomic E-state index is -0.0528. The van der Waals surface area contributed by atoms with Crippen LogP contribution in [0.25, 0.3) is 0 Å². The Bertz CT molecular complexity index is 442. The van der Waals surface area contributed by atoms with Crippen molar-refractivity contribution in [2.24, 2.45) is 0 Å². The highest BCUT2D eigenvalue weighted by Crippen LogP contribution is 2.25. The number of amides is 1. The molecule has 1 atom stereocenters. The van der Waals surface area contributed by atoms with Crippen molar-refractivity contribution in [2.75, 3.05) is 24.7 Å². The number of carbonyl (C=O) groups is 1. The summed E-state index contributed by atoms with van der Waals surface area (Å²) in [5.41, 5.74) is 0.923. The predicted molar refractivity (Wildman–Crippen MR) is 86.4 cm³/mol. The molecule has 1 N–H and O–H groups in total. The molecule has 0 bridgehead atoms. The van der Waals surface area contributed by atoms with E-state index in [0.29, 0.717) is 0 Å². The first-order valence-corrected chi connectivity index (χ1v) is 8.63. The van der Waals surface area contributed by atoms with Crippen molar-refractivity contribution in [1.29, 1.82) is 0 Å². The van der Waals surface area contributed by atoms with Gasteiger partial charge in [-0.2, -0.15) is 0 Å². The molecule has 0 spiro atoms. The number of rotatable bonds is 4. The van der Waals surface area contributed by atoms with Gasteiger partial charge in [0, 0.05) is 4.90 Å². The third-order valence-electron chi connectivity index (χ3n) is 3.93. The Morgan fingerprint density at radius 3 is 2.50 bits per heavy atom. The zero-order valence-corrected chi connectivity index (χ0v) is 13.2. The van der Waals surface area contributed by atoms with E-state index in [2.05, 4.69) is 10.2 Å². The summed E-state index contributed by atoms with van der Waals surface area (Å²) in [6, 6.07) is 7.92. The summed E-state index contributed by atoms with van der Waals surface area (Å²) in [5, 5.41) is 3.08. The van der Waals surface area contributed by atoms with Gasteiger partial charge in [-0.15, -0.1) is 11.8 Å². The van der Waals surface area contributed by atoms with Gasteiger partial charge < -0.3 is 5.32 Å². The van der Waals surface area contributed by atoms with Gasteiger partial charge >= 0.3 is 0 Å². The fourth-order valence-corrected chi connectivity index (χ4v) is 3.19. The molecule has 0 aliphatic carbocycles. The first-order chi connectivity index (χ1) is 9.72. The van der Waals surface area contributed by atoms with Gasteiger partial charge in [0.15, 0.2) is 0 Å². The molecule has 1 aliphatic heterocycles. The highest BCUT2D eigenvalue weighted by molar-refractivity contribution is 7.98. The number of carbonyl (C=O) groups excluding carboxylic acids is 1. The SMILES string of the molecule is CSc1ccccc1NC(=O)C(C)N1CCCCCC1. The van der Waals surface area contributed by atoms with Gasteiger partial charge in [0.2, 0.25) is 5.91 Å². The van der Waals surface area contributed by atoms with Crippen molar-refractivity contribution < 1.29 is 4.79 Å². The number of hydrogen-bond donors (Lipinski definition) is 1. The molecule has 1 heterocycles. The van der Waals surface area contributed by atoms with Crippen LogP contribution >= 0.6 is 11.8 Å². The maximum Gasteiger partial charge on any atom is 0.241 e. The number of para-hydroxylation sites is 1. The lowest BCUT2D eigenvalue weighted by molar-refractivity contribution is -0.120. The van der Waals surface area contributed by atoms with Crippen LogP contribution in [-0.4, -0.2) is 36.2 Å². The van der Waals surface area contributed by atoms with Gasteiger partial charge in [-0.05, 0) is 51.2 Å². The topological polar surface area (TPSA) is 32.3 Å². The van der Waals surface area contributed by atoms with E-state index in [1.54, 1.807) is 11.8 Å². The first kappa shape index (κ1) is 15.4. The Morgan fingerprint density at radius 1 is 1.20 bits per heavy atom. The monoisotopic (exact) mass is 292 g/mol. The van der Waals surface area contributed by atoms with Crippen LogP contribution in [0.4, 0.5) is 5.69 Å². The third-order valence-corrected chi connectivity index (χ3v) is 4.73. The molecule has 1 aromatic rings. The molecule has 1 saturated heterocycles. The molecule has 1 fully saturated rings. The van der Waals surface area contributed by atoms with Crippen molar-refractivity contribution in [3.8, 4) is 0 Å². The first-order valence-electron chi connectivity index (χ1n) is 7.40. The zero-order chi connectivity index (χ0) is 14.4. The molecule has 20 heavy (non-hydrogen) atoms. The van der Waals surface area contributed by atoms with Crippen LogP contribution in [0.2, 0.25) is 0 Å². The van der Waals surface area contributed by atoms with Gasteiger partial charge in [-0.3, -0.25) is 9.69 Å². The second-order valence-corrected chi connectivity index (χ2v) is 6.16. The highest BCUT2D eigenvalue weighted by atomic mass is 32.2. The number of benzene rings is 1. The van der Waals surface area contributed by atoms with Crippen molar-refractivity contribution in [3.63, 3.8) is 0 Å². The summed E-state index contributed by atoms with van der Waals surface area (Å²) in [7, 11) is 0. The standard InChI is InChI=1S/C16H24N2OS/c1-13(18-11-7-3-4-8-12-18)16(19)17-14-9-5-6-10-15(14)20-2/h5-6,9-10,13H,3-4,7-8,11-12H2,1-2H3,(H,17,19). The zero-order valence-electron chi connectivity index (χ0n) is 12.4. The molecule has 0 radical (unpaired) electrons. The fourth-order valence-electron chi connectivity index (χ4n) is 2.63. The molecule has 2 rings (SSSR count). The van der Waals surface area contributed by atoms with E-state index in [4.69, 9.17) is 0 Å². The van der Waals surface area contributed by atoms with Crippen molar-refractivity contribution >= 4 is 23.4 Å². The van der Waals surface area contributed by atoms with Crippen LogP contribution in [0.15, 0.2) is 29.2 Å². The number of anilines is 1. The quantitative estimate of drug-likeness (QED) is 0.860. The van der Waals surface area contributed by atoms with E-state index in [0.717, 1.165) is 23.7 Å². The van der Waals surface area contributed by atoms with Gasteiger partial charge in [0.05, 0.1) is 11.7 Å². The maximum absolute atomic E-state index is 12.4. The lowest BCUT2D eigenvalue weighted by atomic mass is 10.2. The molecular weight excluding hydrogens is 268 g/mol. The summed E-state index contributed by atoms with van der Waals surface area (Å²) >= 11 is 1.66. The maximum atomic E-state index is 12.4. The van der Waals surface area contributed by atoms with Crippen molar-refractivity contribution in [3.05, 3.63) is 24.3 Å². The summed E-state index contributed by atoms with van der Waals surface area (Å²) < 4.78 is 0. The van der Waals surface area contributed by atoms with Crippen molar-refractivity contribution in [1.82, 2.24) is 4.90 Å². The molecule has 1 aliphatic rings. The number of nitrogens with one attached hydrogen (secondary N) is 1. The minimum absolute atomic E-state index is 0.0528. The van der Waals surface area contributed by atoms with Crippen LogP contribution < -0.4 is 5.32 Å². The molecule has 1 unspecified atom stereocenters. The highest BCUT2D eigenvalue weighted by Gasteiger charge is 2.22. The molecule has 0 saturated carbocycles. The van der Waals surface area contributed by atoms with Crippen LogP contribution in [0.5, 0.6) is 0 Å². The van der Waals surface area contributed by atoms with Crippen LogP contribution in [0.3, 0.4) is 0 Å². The summed E-state index contributed by atoms with van der Waals surface area (Å²) in [6.07, 6.45) is 7.03. The second kappa shape index (κ2) is 7.70. The van der Waals surface area contributed by atoms with Gasteiger partial charge in [0.1, 0.15) is 0 Å². The second-order valence-electron chi connectivity index (χ2n) is 5.32. The van der Waals surface area contributed by atoms with E-state index in [-0.39, 0.29) is 11.9 Å². The van der Waals surface area contributed by atoms with E-state index < -0.39 is 0 Å². The molecule has 1 amide bonds. The molecule has 4 heteroatoms. The van der Waals surface area contributed by atoms with E-state index in [9.17, 15) is 4.79 Å². The Morgan fingerprint density at radius 2 is 1.85 bits per heavy atom. The normalized spacial score (nSPS) is 18.3. The summed E-state index contributed by atoms with van der Waals surface area (Å²) in [5.74, 6) is 0.105. The Balaban J connectivity index is 1.99. The number of nitrogens with zero attached hydrogens (tertiary/aromatic N) is 1. The average Bonchev–Trinajstić information content (AvgIpc) is 2.76. The Kier molecular flexibility index (Phi) is 5.92. The Hall–Kier alpha value is -1.00. The lowest BCUT2D eigenvalue weighted by Crippen LogP contribution is -2.42. The Labute approximate surface area is 126 Å². The number of likely N-dealkylation sites (tertiary alicyclic amines) is 1. The molecule has 3 nitrogen and oxygen atoms in total. The summed E-state index contributed by atoms with van der Waals surface area (Å²) in [6.45, 7) is 4.10. The number of thioether (sulfide) groups is 1. The lowest BCUT2D eigenvalue weighted by Gasteiger charge is -2.26. The third kappa shape index (κ3) is 4.00. The van der Waals surface area contributed by atoms with E-state index in [1.807, 2.05) is 37.4 Å². The smallest absolute Gasteiger partial charge is 0.241 e. The average molecular weight is 292 g/mol. The minimum Gasteiger partial charge on any atom is -0.324 e. The molecule has 110 valence electrons. The van der Waals surface area contributed by atoms with E-state index >= 15 is 0 Å². The van der Waals surface area contributed by atoms with Gasteiger partial charge in [-0.25, -0.2) is 0 Å². The van der Waals surface area contributed by atoms with Crippen molar-refractivity contribution in [2.45, 2.75) is 43.5 Å². The van der Waals surface area contributed by atoms with Crippen LogP contribution in [0.1, 0.15) is 32.6 Å². The van der Waals surface area contributed by atoms with Crippen LogP contribution in [0, 0.1) is 0 Å². The number of hydrogen-bond acceptors (Lipinski definition) is 3. The van der Waals surface area contributed by atoms with E-state index in [1.165, 1.54) is 25.7 Å². The largest absolute Gasteiger partial charge is 0.324 e. The van der Waals surface area contributed by atoms with Gasteiger partial charge in [0.25, 0.3) is 0 Å². The molecule has 1 aromatic carbocycles. The van der Waals surface area contributed by atoms with Crippen LogP contribution in [-0.2, 0) is 4.79 Å².